The lowest BCUT2D eigenvalue weighted by Gasteiger charge is -2.31. The summed E-state index contributed by atoms with van der Waals surface area (Å²) in [4.78, 5) is 0. The van der Waals surface area contributed by atoms with Crippen LogP contribution in [-0.4, -0.2) is 11.3 Å². The summed E-state index contributed by atoms with van der Waals surface area (Å²) < 4.78 is 0. The highest BCUT2D eigenvalue weighted by atomic mass is 16.3. The monoisotopic (exact) mass is 233 g/mol. The van der Waals surface area contributed by atoms with Crippen LogP contribution in [0.2, 0.25) is 0 Å². The molecule has 0 heterocycles. The van der Waals surface area contributed by atoms with Gasteiger partial charge in [0, 0.05) is 11.6 Å². The van der Waals surface area contributed by atoms with Gasteiger partial charge >= 0.3 is 0 Å². The third-order valence-electron chi connectivity index (χ3n) is 4.00. The second kappa shape index (κ2) is 6.06. The molecule has 2 nitrogen and oxygen atoms in total. The normalized spacial score (nSPS) is 26.5. The van der Waals surface area contributed by atoms with Crippen molar-refractivity contribution in [1.82, 2.24) is 0 Å². The summed E-state index contributed by atoms with van der Waals surface area (Å²) in [7, 11) is 0. The molecule has 0 aliphatic heterocycles. The lowest BCUT2D eigenvalue weighted by molar-refractivity contribution is 0.0948. The van der Waals surface area contributed by atoms with E-state index in [1.807, 2.05) is 30.3 Å². The molecule has 0 aromatic heterocycles. The van der Waals surface area contributed by atoms with Crippen LogP contribution in [0.5, 0.6) is 0 Å². The van der Waals surface area contributed by atoms with Crippen LogP contribution >= 0.6 is 0 Å². The van der Waals surface area contributed by atoms with Crippen LogP contribution in [0.15, 0.2) is 30.3 Å². The maximum atomic E-state index is 10.2. The van der Waals surface area contributed by atoms with E-state index in [9.17, 15) is 5.11 Å². The van der Waals surface area contributed by atoms with E-state index in [-0.39, 0.29) is 0 Å². The first-order chi connectivity index (χ1) is 8.29. The summed E-state index contributed by atoms with van der Waals surface area (Å²) in [6, 6.07) is 9.97. The highest BCUT2D eigenvalue weighted by Gasteiger charge is 2.25. The summed E-state index contributed by atoms with van der Waals surface area (Å²) >= 11 is 0. The van der Waals surface area contributed by atoms with Crippen LogP contribution in [0.25, 0.3) is 0 Å². The Morgan fingerprint density at radius 3 is 2.41 bits per heavy atom. The van der Waals surface area contributed by atoms with Gasteiger partial charge in [-0.25, -0.2) is 0 Å². The number of nitrogens with one attached hydrogen (secondary N) is 1. The van der Waals surface area contributed by atoms with Crippen molar-refractivity contribution in [3.8, 4) is 0 Å². The van der Waals surface area contributed by atoms with E-state index in [1.54, 1.807) is 0 Å². The van der Waals surface area contributed by atoms with Gasteiger partial charge in [-0.15, -0.1) is 0 Å². The second-order valence-electron chi connectivity index (χ2n) is 5.14. The molecule has 2 N–H and O–H groups in total. The van der Waals surface area contributed by atoms with Crippen molar-refractivity contribution < 1.29 is 5.11 Å². The fourth-order valence-corrected chi connectivity index (χ4v) is 2.74. The minimum atomic E-state index is -0.393. The third kappa shape index (κ3) is 3.47. The molecule has 0 radical (unpaired) electrons. The summed E-state index contributed by atoms with van der Waals surface area (Å²) in [6.45, 7) is 2.27. The standard InChI is InChI=1S/C15H23NO/c1-2-12-8-10-13(11-9-12)15(17)16-14-6-4-3-5-7-14/h3-7,12-13,15-17H,2,8-11H2,1H3. The van der Waals surface area contributed by atoms with Crippen LogP contribution in [0.4, 0.5) is 5.69 Å². The molecule has 2 rings (SSSR count). The van der Waals surface area contributed by atoms with Gasteiger partial charge in [-0.3, -0.25) is 0 Å². The number of rotatable bonds is 4. The Bertz CT molecular complexity index is 317. The van der Waals surface area contributed by atoms with Gasteiger partial charge in [0.1, 0.15) is 6.23 Å². The molecule has 2 heteroatoms. The van der Waals surface area contributed by atoms with Crippen molar-refractivity contribution in [1.29, 1.82) is 0 Å². The molecule has 94 valence electrons. The molecule has 0 amide bonds. The van der Waals surface area contributed by atoms with Crippen LogP contribution in [0.3, 0.4) is 0 Å². The summed E-state index contributed by atoms with van der Waals surface area (Å²) in [5, 5.41) is 13.4. The first-order valence-electron chi connectivity index (χ1n) is 6.79. The zero-order valence-electron chi connectivity index (χ0n) is 10.6. The molecule has 1 unspecified atom stereocenters. The lowest BCUT2D eigenvalue weighted by atomic mass is 9.80. The van der Waals surface area contributed by atoms with Gasteiger partial charge in [0.2, 0.25) is 0 Å². The smallest absolute Gasteiger partial charge is 0.127 e. The maximum absolute atomic E-state index is 10.2. The van der Waals surface area contributed by atoms with Crippen molar-refractivity contribution in [2.75, 3.05) is 5.32 Å². The number of hydrogen-bond donors (Lipinski definition) is 2. The van der Waals surface area contributed by atoms with Gasteiger partial charge in [0.05, 0.1) is 0 Å². The van der Waals surface area contributed by atoms with Crippen molar-refractivity contribution in [3.63, 3.8) is 0 Å². The number of anilines is 1. The highest BCUT2D eigenvalue weighted by molar-refractivity contribution is 5.42. The molecule has 0 saturated heterocycles. The number of aliphatic hydroxyl groups excluding tert-OH is 1. The summed E-state index contributed by atoms with van der Waals surface area (Å²) in [5.74, 6) is 1.30. The zero-order valence-corrected chi connectivity index (χ0v) is 10.6. The third-order valence-corrected chi connectivity index (χ3v) is 4.00. The molecule has 1 aliphatic carbocycles. The van der Waals surface area contributed by atoms with Gasteiger partial charge in [-0.05, 0) is 30.9 Å². The molecule has 1 aliphatic rings. The fraction of sp³-hybridized carbons (Fsp3) is 0.600. The van der Waals surface area contributed by atoms with E-state index in [2.05, 4.69) is 12.2 Å². The molecular formula is C15H23NO. The molecule has 1 aromatic carbocycles. The first-order valence-corrected chi connectivity index (χ1v) is 6.79. The Labute approximate surface area is 104 Å². The minimum Gasteiger partial charge on any atom is -0.374 e. The minimum absolute atomic E-state index is 0.393. The topological polar surface area (TPSA) is 32.3 Å². The van der Waals surface area contributed by atoms with Crippen molar-refractivity contribution in [2.24, 2.45) is 11.8 Å². The summed E-state index contributed by atoms with van der Waals surface area (Å²) in [6.07, 6.45) is 5.74. The number of aliphatic hydroxyl groups is 1. The molecule has 0 spiro atoms. The molecule has 17 heavy (non-hydrogen) atoms. The van der Waals surface area contributed by atoms with Crippen LogP contribution in [0, 0.1) is 11.8 Å². The van der Waals surface area contributed by atoms with E-state index < -0.39 is 6.23 Å². The predicted octanol–water partition coefficient (Wildman–Crippen LogP) is 3.63. The maximum Gasteiger partial charge on any atom is 0.127 e. The Morgan fingerprint density at radius 1 is 1.18 bits per heavy atom. The highest BCUT2D eigenvalue weighted by Crippen LogP contribution is 2.32. The SMILES string of the molecule is CCC1CCC(C(O)Nc2ccccc2)CC1. The van der Waals surface area contributed by atoms with E-state index in [4.69, 9.17) is 0 Å². The van der Waals surface area contributed by atoms with Crippen LogP contribution in [0.1, 0.15) is 39.0 Å². The van der Waals surface area contributed by atoms with Gasteiger partial charge in [-0.2, -0.15) is 0 Å². The van der Waals surface area contributed by atoms with Crippen molar-refractivity contribution in [2.45, 2.75) is 45.3 Å². The van der Waals surface area contributed by atoms with Crippen molar-refractivity contribution in [3.05, 3.63) is 30.3 Å². The molecular weight excluding hydrogens is 210 g/mol. The molecule has 1 aromatic rings. The largest absolute Gasteiger partial charge is 0.374 e. The van der Waals surface area contributed by atoms with Crippen molar-refractivity contribution >= 4 is 5.69 Å². The van der Waals surface area contributed by atoms with Gasteiger partial charge in [-0.1, -0.05) is 44.4 Å². The van der Waals surface area contributed by atoms with E-state index >= 15 is 0 Å². The average molecular weight is 233 g/mol. The van der Waals surface area contributed by atoms with E-state index in [0.29, 0.717) is 5.92 Å². The van der Waals surface area contributed by atoms with Gasteiger partial charge in [0.25, 0.3) is 0 Å². The second-order valence-corrected chi connectivity index (χ2v) is 5.14. The first kappa shape index (κ1) is 12.4. The average Bonchev–Trinajstić information content (AvgIpc) is 2.40. The van der Waals surface area contributed by atoms with Crippen LogP contribution in [-0.2, 0) is 0 Å². The molecule has 1 atom stereocenters. The number of para-hydroxylation sites is 1. The lowest BCUT2D eigenvalue weighted by Crippen LogP contribution is -2.31. The van der Waals surface area contributed by atoms with Gasteiger partial charge in [0.15, 0.2) is 0 Å². The molecule has 0 bridgehead atoms. The summed E-state index contributed by atoms with van der Waals surface area (Å²) in [5.41, 5.74) is 1.01. The van der Waals surface area contributed by atoms with E-state index in [0.717, 1.165) is 24.4 Å². The predicted molar refractivity (Wildman–Crippen MR) is 71.8 cm³/mol. The Hall–Kier alpha value is -1.02. The van der Waals surface area contributed by atoms with Gasteiger partial charge < -0.3 is 10.4 Å². The number of benzene rings is 1. The molecule has 1 saturated carbocycles. The Balaban J connectivity index is 1.83. The Morgan fingerprint density at radius 2 is 1.82 bits per heavy atom. The zero-order chi connectivity index (χ0) is 12.1. The fourth-order valence-electron chi connectivity index (χ4n) is 2.74. The van der Waals surface area contributed by atoms with E-state index in [1.165, 1.54) is 19.3 Å². The molecule has 1 fully saturated rings. The quantitative estimate of drug-likeness (QED) is 0.778. The van der Waals surface area contributed by atoms with Crippen LogP contribution < -0.4 is 5.32 Å². The Kier molecular flexibility index (Phi) is 4.43. The number of hydrogen-bond acceptors (Lipinski definition) is 2.